The molecule has 0 radical (unpaired) electrons. The Kier molecular flexibility index (Phi) is 5.60. The van der Waals surface area contributed by atoms with Crippen LogP contribution in [0.1, 0.15) is 30.9 Å². The Morgan fingerprint density at radius 1 is 1.07 bits per heavy atom. The zero-order chi connectivity index (χ0) is 20.1. The highest BCUT2D eigenvalue weighted by atomic mass is 16.5. The molecule has 8 nitrogen and oxygen atoms in total. The van der Waals surface area contributed by atoms with Crippen molar-refractivity contribution in [2.24, 2.45) is 0 Å². The van der Waals surface area contributed by atoms with E-state index >= 15 is 0 Å². The molecule has 0 atom stereocenters. The molecule has 29 heavy (non-hydrogen) atoms. The van der Waals surface area contributed by atoms with Gasteiger partial charge in [0.15, 0.2) is 11.6 Å². The van der Waals surface area contributed by atoms with E-state index in [9.17, 15) is 0 Å². The van der Waals surface area contributed by atoms with Gasteiger partial charge in [-0.05, 0) is 30.7 Å². The van der Waals surface area contributed by atoms with Crippen LogP contribution < -0.4 is 4.74 Å². The SMILES string of the molecule is CCc1noc(CCCc2nc(-c3ccccn3)nn2-c2cccc(OC)c2)n1. The number of ether oxygens (including phenoxy) is 1. The maximum absolute atomic E-state index is 5.36. The molecule has 0 aliphatic rings. The van der Waals surface area contributed by atoms with Gasteiger partial charge < -0.3 is 9.26 Å². The van der Waals surface area contributed by atoms with Gasteiger partial charge in [-0.3, -0.25) is 4.98 Å². The Bertz CT molecular complexity index is 1070. The molecule has 0 aliphatic carbocycles. The first kappa shape index (κ1) is 18.8. The minimum atomic E-state index is 0.592. The maximum atomic E-state index is 5.36. The van der Waals surface area contributed by atoms with Crippen molar-refractivity contribution in [2.45, 2.75) is 32.6 Å². The molecule has 0 amide bonds. The third-order valence-electron chi connectivity index (χ3n) is 4.48. The predicted molar refractivity (Wildman–Crippen MR) is 107 cm³/mol. The minimum absolute atomic E-state index is 0.592. The van der Waals surface area contributed by atoms with Gasteiger partial charge in [-0.2, -0.15) is 4.98 Å². The Labute approximate surface area is 168 Å². The number of rotatable bonds is 8. The molecule has 0 fully saturated rings. The molecule has 0 unspecified atom stereocenters. The zero-order valence-electron chi connectivity index (χ0n) is 16.4. The van der Waals surface area contributed by atoms with E-state index in [1.165, 1.54) is 0 Å². The summed E-state index contributed by atoms with van der Waals surface area (Å²) < 4.78 is 12.5. The molecule has 8 heteroatoms. The van der Waals surface area contributed by atoms with Gasteiger partial charge in [0.05, 0.1) is 12.8 Å². The van der Waals surface area contributed by atoms with Crippen molar-refractivity contribution in [1.29, 1.82) is 0 Å². The minimum Gasteiger partial charge on any atom is -0.497 e. The van der Waals surface area contributed by atoms with Gasteiger partial charge in [0.2, 0.25) is 5.89 Å². The number of hydrogen-bond acceptors (Lipinski definition) is 7. The van der Waals surface area contributed by atoms with Crippen molar-refractivity contribution >= 4 is 0 Å². The summed E-state index contributed by atoms with van der Waals surface area (Å²) in [7, 11) is 1.65. The number of aromatic nitrogens is 6. The predicted octanol–water partition coefficient (Wildman–Crippen LogP) is 3.46. The average molecular weight is 390 g/mol. The Morgan fingerprint density at radius 3 is 2.76 bits per heavy atom. The van der Waals surface area contributed by atoms with Crippen LogP contribution in [0.25, 0.3) is 17.2 Å². The van der Waals surface area contributed by atoms with Crippen LogP contribution in [0.3, 0.4) is 0 Å². The summed E-state index contributed by atoms with van der Waals surface area (Å²) in [6.07, 6.45) is 4.72. The Hall–Kier alpha value is -3.55. The fraction of sp³-hybridized carbons (Fsp3) is 0.286. The maximum Gasteiger partial charge on any atom is 0.226 e. The van der Waals surface area contributed by atoms with Crippen LogP contribution in [0.4, 0.5) is 0 Å². The normalized spacial score (nSPS) is 11.0. The highest BCUT2D eigenvalue weighted by molar-refractivity contribution is 5.49. The standard InChI is InChI=1S/C21H22N6O2/c1-3-18-23-20(29-26-18)12-7-11-19-24-21(17-10-4-5-13-22-17)25-27(19)15-8-6-9-16(14-15)28-2/h4-6,8-10,13-14H,3,7,11-12H2,1-2H3. The van der Waals surface area contributed by atoms with E-state index in [0.717, 1.165) is 41.6 Å². The summed E-state index contributed by atoms with van der Waals surface area (Å²) >= 11 is 0. The Balaban J connectivity index is 1.60. The van der Waals surface area contributed by atoms with Gasteiger partial charge in [0, 0.05) is 31.5 Å². The lowest BCUT2D eigenvalue weighted by Gasteiger charge is -2.07. The van der Waals surface area contributed by atoms with Gasteiger partial charge in [0.1, 0.15) is 17.3 Å². The molecule has 0 aliphatic heterocycles. The molecule has 0 N–H and O–H groups in total. The van der Waals surface area contributed by atoms with Gasteiger partial charge in [0.25, 0.3) is 0 Å². The van der Waals surface area contributed by atoms with E-state index in [4.69, 9.17) is 19.3 Å². The summed E-state index contributed by atoms with van der Waals surface area (Å²) in [6.45, 7) is 2.00. The van der Waals surface area contributed by atoms with Crippen molar-refractivity contribution in [1.82, 2.24) is 29.9 Å². The Morgan fingerprint density at radius 2 is 2.00 bits per heavy atom. The summed E-state index contributed by atoms with van der Waals surface area (Å²) in [6, 6.07) is 13.5. The molecule has 148 valence electrons. The monoisotopic (exact) mass is 390 g/mol. The second-order valence-corrected chi connectivity index (χ2v) is 6.49. The molecule has 4 rings (SSSR count). The molecule has 3 aromatic heterocycles. The molecule has 3 heterocycles. The molecule has 0 bridgehead atoms. The largest absolute Gasteiger partial charge is 0.497 e. The first-order valence-corrected chi connectivity index (χ1v) is 9.60. The second kappa shape index (κ2) is 8.64. The quantitative estimate of drug-likeness (QED) is 0.455. The average Bonchev–Trinajstić information content (AvgIpc) is 3.42. The van der Waals surface area contributed by atoms with Crippen molar-refractivity contribution in [3.8, 4) is 23.0 Å². The number of benzene rings is 1. The lowest BCUT2D eigenvalue weighted by molar-refractivity contribution is 0.370. The number of hydrogen-bond donors (Lipinski definition) is 0. The second-order valence-electron chi connectivity index (χ2n) is 6.49. The fourth-order valence-corrected chi connectivity index (χ4v) is 2.99. The number of nitrogens with zero attached hydrogens (tertiary/aromatic N) is 6. The lowest BCUT2D eigenvalue weighted by Crippen LogP contribution is -2.04. The van der Waals surface area contributed by atoms with Crippen LogP contribution in [-0.2, 0) is 19.3 Å². The molecule has 4 aromatic rings. The smallest absolute Gasteiger partial charge is 0.226 e. The lowest BCUT2D eigenvalue weighted by atomic mass is 10.2. The summed E-state index contributed by atoms with van der Waals surface area (Å²) in [5.74, 6) is 3.58. The van der Waals surface area contributed by atoms with Gasteiger partial charge in [-0.25, -0.2) is 9.67 Å². The van der Waals surface area contributed by atoms with E-state index in [2.05, 4.69) is 15.1 Å². The fourth-order valence-electron chi connectivity index (χ4n) is 2.99. The molecular formula is C21H22N6O2. The van der Waals surface area contributed by atoms with Gasteiger partial charge >= 0.3 is 0 Å². The highest BCUT2D eigenvalue weighted by Crippen LogP contribution is 2.21. The van der Waals surface area contributed by atoms with Crippen molar-refractivity contribution < 1.29 is 9.26 Å². The van der Waals surface area contributed by atoms with Crippen LogP contribution in [0, 0.1) is 0 Å². The molecule has 0 spiro atoms. The van der Waals surface area contributed by atoms with Crippen LogP contribution in [0.2, 0.25) is 0 Å². The highest BCUT2D eigenvalue weighted by Gasteiger charge is 2.15. The van der Waals surface area contributed by atoms with E-state index in [-0.39, 0.29) is 0 Å². The third kappa shape index (κ3) is 4.31. The topological polar surface area (TPSA) is 91.8 Å². The summed E-state index contributed by atoms with van der Waals surface area (Å²) in [5.41, 5.74) is 1.62. The van der Waals surface area contributed by atoms with Crippen LogP contribution in [0.5, 0.6) is 5.75 Å². The number of aryl methyl sites for hydroxylation is 3. The zero-order valence-corrected chi connectivity index (χ0v) is 16.4. The molecule has 1 aromatic carbocycles. The van der Waals surface area contributed by atoms with Crippen molar-refractivity contribution in [2.75, 3.05) is 7.11 Å². The first-order chi connectivity index (χ1) is 14.3. The summed E-state index contributed by atoms with van der Waals surface area (Å²) in [5, 5.41) is 8.65. The molecule has 0 saturated carbocycles. The van der Waals surface area contributed by atoms with Crippen LogP contribution >= 0.6 is 0 Å². The van der Waals surface area contributed by atoms with E-state index in [1.54, 1.807) is 13.3 Å². The van der Waals surface area contributed by atoms with E-state index < -0.39 is 0 Å². The van der Waals surface area contributed by atoms with Crippen LogP contribution in [-0.4, -0.2) is 37.0 Å². The third-order valence-corrected chi connectivity index (χ3v) is 4.48. The van der Waals surface area contributed by atoms with Gasteiger partial charge in [-0.15, -0.1) is 5.10 Å². The summed E-state index contributed by atoms with van der Waals surface area (Å²) in [4.78, 5) is 13.5. The molecular weight excluding hydrogens is 368 g/mol. The molecule has 0 saturated heterocycles. The van der Waals surface area contributed by atoms with Gasteiger partial charge in [-0.1, -0.05) is 24.2 Å². The van der Waals surface area contributed by atoms with Crippen molar-refractivity contribution in [3.63, 3.8) is 0 Å². The first-order valence-electron chi connectivity index (χ1n) is 9.60. The van der Waals surface area contributed by atoms with E-state index in [0.29, 0.717) is 24.6 Å². The number of methoxy groups -OCH3 is 1. The van der Waals surface area contributed by atoms with Crippen LogP contribution in [0.15, 0.2) is 53.2 Å². The van der Waals surface area contributed by atoms with Crippen molar-refractivity contribution in [3.05, 3.63) is 66.2 Å². The number of pyridine rings is 1. The van der Waals surface area contributed by atoms with E-state index in [1.807, 2.05) is 54.1 Å².